The first kappa shape index (κ1) is 10.2. The molecule has 0 aromatic heterocycles. The van der Waals surface area contributed by atoms with Crippen LogP contribution in [0.4, 0.5) is 0 Å². The second-order valence-corrected chi connectivity index (χ2v) is 2.35. The third-order valence-corrected chi connectivity index (χ3v) is 1.54. The monoisotopic (exact) mass is 158 g/mol. The van der Waals surface area contributed by atoms with Gasteiger partial charge in [0.2, 0.25) is 0 Å². The molecule has 0 radical (unpaired) electrons. The third kappa shape index (κ3) is 3.18. The fourth-order valence-electron chi connectivity index (χ4n) is 0.780. The standard InChI is InChI=1S/C8H14O3/c1-4-5-7(11-3)6(2)8(9)10/h4-7H,1-3H3,(H,9,10)/b5-4+/t6-,7-/m1/s1. The van der Waals surface area contributed by atoms with Crippen molar-refractivity contribution in [2.45, 2.75) is 20.0 Å². The minimum Gasteiger partial charge on any atom is -0.481 e. The Morgan fingerprint density at radius 2 is 2.18 bits per heavy atom. The van der Waals surface area contributed by atoms with Crippen LogP contribution in [-0.2, 0) is 9.53 Å². The number of carboxylic acids is 1. The summed E-state index contributed by atoms with van der Waals surface area (Å²) in [5.74, 6) is -1.33. The SMILES string of the molecule is C/C=C/[C@@H](OC)[C@@H](C)C(=O)O. The predicted octanol–water partition coefficient (Wildman–Crippen LogP) is 1.30. The first-order valence-corrected chi connectivity index (χ1v) is 3.52. The molecule has 0 fully saturated rings. The van der Waals surface area contributed by atoms with E-state index in [2.05, 4.69) is 0 Å². The van der Waals surface area contributed by atoms with Crippen LogP contribution in [0.2, 0.25) is 0 Å². The van der Waals surface area contributed by atoms with Crippen molar-refractivity contribution < 1.29 is 14.6 Å². The van der Waals surface area contributed by atoms with Crippen molar-refractivity contribution in [3.8, 4) is 0 Å². The highest BCUT2D eigenvalue weighted by molar-refractivity contribution is 5.70. The van der Waals surface area contributed by atoms with Gasteiger partial charge in [0.1, 0.15) is 0 Å². The first-order chi connectivity index (χ1) is 5.13. The smallest absolute Gasteiger partial charge is 0.309 e. The number of hydrogen-bond donors (Lipinski definition) is 1. The van der Waals surface area contributed by atoms with E-state index in [1.807, 2.05) is 6.92 Å². The van der Waals surface area contributed by atoms with Crippen LogP contribution in [0.25, 0.3) is 0 Å². The van der Waals surface area contributed by atoms with Gasteiger partial charge in [-0.3, -0.25) is 4.79 Å². The van der Waals surface area contributed by atoms with Gasteiger partial charge in [0.25, 0.3) is 0 Å². The maximum atomic E-state index is 10.5. The van der Waals surface area contributed by atoms with Gasteiger partial charge in [-0.25, -0.2) is 0 Å². The minimum atomic E-state index is -0.838. The molecular weight excluding hydrogens is 144 g/mol. The Balaban J connectivity index is 4.13. The highest BCUT2D eigenvalue weighted by atomic mass is 16.5. The average molecular weight is 158 g/mol. The fraction of sp³-hybridized carbons (Fsp3) is 0.625. The van der Waals surface area contributed by atoms with Gasteiger partial charge in [-0.15, -0.1) is 0 Å². The highest BCUT2D eigenvalue weighted by Gasteiger charge is 2.19. The van der Waals surface area contributed by atoms with Gasteiger partial charge in [0.05, 0.1) is 12.0 Å². The lowest BCUT2D eigenvalue weighted by Crippen LogP contribution is -2.25. The molecule has 0 aromatic carbocycles. The van der Waals surface area contributed by atoms with Crippen LogP contribution in [0, 0.1) is 5.92 Å². The second-order valence-electron chi connectivity index (χ2n) is 2.35. The van der Waals surface area contributed by atoms with Crippen LogP contribution in [-0.4, -0.2) is 24.3 Å². The summed E-state index contributed by atoms with van der Waals surface area (Å²) >= 11 is 0. The summed E-state index contributed by atoms with van der Waals surface area (Å²) in [6.45, 7) is 3.46. The Kier molecular flexibility index (Phi) is 4.54. The van der Waals surface area contributed by atoms with Gasteiger partial charge in [-0.2, -0.15) is 0 Å². The number of rotatable bonds is 4. The molecule has 0 aromatic rings. The van der Waals surface area contributed by atoms with E-state index in [1.165, 1.54) is 7.11 Å². The van der Waals surface area contributed by atoms with E-state index >= 15 is 0 Å². The molecule has 0 saturated carbocycles. The van der Waals surface area contributed by atoms with E-state index in [9.17, 15) is 4.79 Å². The lowest BCUT2D eigenvalue weighted by atomic mass is 10.1. The van der Waals surface area contributed by atoms with E-state index in [4.69, 9.17) is 9.84 Å². The van der Waals surface area contributed by atoms with Gasteiger partial charge in [-0.1, -0.05) is 12.2 Å². The number of methoxy groups -OCH3 is 1. The van der Waals surface area contributed by atoms with Crippen LogP contribution in [0.1, 0.15) is 13.8 Å². The number of carboxylic acid groups (broad SMARTS) is 1. The fourth-order valence-corrected chi connectivity index (χ4v) is 0.780. The Morgan fingerprint density at radius 3 is 2.45 bits per heavy atom. The quantitative estimate of drug-likeness (QED) is 0.627. The topological polar surface area (TPSA) is 46.5 Å². The zero-order valence-corrected chi connectivity index (χ0v) is 7.07. The maximum absolute atomic E-state index is 10.5. The Hall–Kier alpha value is -0.830. The number of allylic oxidation sites excluding steroid dienone is 1. The summed E-state index contributed by atoms with van der Waals surface area (Å²) in [6.07, 6.45) is 3.20. The molecule has 0 heterocycles. The summed E-state index contributed by atoms with van der Waals surface area (Å²) < 4.78 is 4.95. The van der Waals surface area contributed by atoms with Crippen LogP contribution in [0.5, 0.6) is 0 Å². The van der Waals surface area contributed by atoms with Crippen LogP contribution in [0.15, 0.2) is 12.2 Å². The molecule has 0 rings (SSSR count). The maximum Gasteiger partial charge on any atom is 0.309 e. The van der Waals surface area contributed by atoms with Gasteiger partial charge in [0, 0.05) is 7.11 Å². The molecule has 3 heteroatoms. The molecular formula is C8H14O3. The predicted molar refractivity (Wildman–Crippen MR) is 42.4 cm³/mol. The van der Waals surface area contributed by atoms with Crippen LogP contribution in [0.3, 0.4) is 0 Å². The number of hydrogen-bond acceptors (Lipinski definition) is 2. The normalized spacial score (nSPS) is 16.6. The lowest BCUT2D eigenvalue weighted by Gasteiger charge is -2.14. The third-order valence-electron chi connectivity index (χ3n) is 1.54. The molecule has 11 heavy (non-hydrogen) atoms. The van der Waals surface area contributed by atoms with Crippen molar-refractivity contribution >= 4 is 5.97 Å². The molecule has 0 aliphatic rings. The van der Waals surface area contributed by atoms with Crippen molar-refractivity contribution in [3.05, 3.63) is 12.2 Å². The van der Waals surface area contributed by atoms with Gasteiger partial charge in [0.15, 0.2) is 0 Å². The van der Waals surface area contributed by atoms with Gasteiger partial charge < -0.3 is 9.84 Å². The van der Waals surface area contributed by atoms with Crippen molar-refractivity contribution in [1.29, 1.82) is 0 Å². The summed E-state index contributed by atoms with van der Waals surface area (Å²) in [5.41, 5.74) is 0. The molecule has 0 spiro atoms. The van der Waals surface area contributed by atoms with Crippen molar-refractivity contribution in [3.63, 3.8) is 0 Å². The number of ether oxygens (including phenoxy) is 1. The Labute approximate surface area is 66.7 Å². The Morgan fingerprint density at radius 1 is 1.64 bits per heavy atom. The largest absolute Gasteiger partial charge is 0.481 e. The minimum absolute atomic E-state index is 0.322. The highest BCUT2D eigenvalue weighted by Crippen LogP contribution is 2.07. The summed E-state index contributed by atoms with van der Waals surface area (Å²) in [5, 5.41) is 8.60. The second kappa shape index (κ2) is 4.91. The van der Waals surface area contributed by atoms with Crippen LogP contribution < -0.4 is 0 Å². The molecule has 64 valence electrons. The molecule has 0 saturated heterocycles. The summed E-state index contributed by atoms with van der Waals surface area (Å²) in [6, 6.07) is 0. The molecule has 0 bridgehead atoms. The van der Waals surface area contributed by atoms with Crippen molar-refractivity contribution in [2.24, 2.45) is 5.92 Å². The molecule has 3 nitrogen and oxygen atoms in total. The zero-order chi connectivity index (χ0) is 8.85. The number of aliphatic carboxylic acids is 1. The first-order valence-electron chi connectivity index (χ1n) is 3.52. The van der Waals surface area contributed by atoms with Gasteiger partial charge >= 0.3 is 5.97 Å². The average Bonchev–Trinajstić information content (AvgIpc) is 1.98. The van der Waals surface area contributed by atoms with Crippen molar-refractivity contribution in [2.75, 3.05) is 7.11 Å². The van der Waals surface area contributed by atoms with E-state index in [-0.39, 0.29) is 6.10 Å². The summed E-state index contributed by atoms with van der Waals surface area (Å²) in [7, 11) is 1.50. The molecule has 2 atom stereocenters. The summed E-state index contributed by atoms with van der Waals surface area (Å²) in [4.78, 5) is 10.5. The van der Waals surface area contributed by atoms with Crippen LogP contribution >= 0.6 is 0 Å². The van der Waals surface area contributed by atoms with E-state index in [1.54, 1.807) is 19.1 Å². The number of carbonyl (C=O) groups is 1. The Bertz CT molecular complexity index is 151. The zero-order valence-electron chi connectivity index (χ0n) is 7.07. The van der Waals surface area contributed by atoms with E-state index < -0.39 is 11.9 Å². The van der Waals surface area contributed by atoms with E-state index in [0.29, 0.717) is 0 Å². The molecule has 1 N–H and O–H groups in total. The molecule has 0 unspecified atom stereocenters. The molecule has 0 aliphatic carbocycles. The van der Waals surface area contributed by atoms with Crippen molar-refractivity contribution in [1.82, 2.24) is 0 Å². The molecule has 0 aliphatic heterocycles. The van der Waals surface area contributed by atoms with Gasteiger partial charge in [-0.05, 0) is 13.8 Å². The lowest BCUT2D eigenvalue weighted by molar-refractivity contribution is -0.144. The van der Waals surface area contributed by atoms with E-state index in [0.717, 1.165) is 0 Å². The molecule has 0 amide bonds.